The van der Waals surface area contributed by atoms with Crippen LogP contribution in [0.15, 0.2) is 46.0 Å². The molecule has 0 aromatic heterocycles. The Morgan fingerprint density at radius 3 is 2.66 bits per heavy atom. The zero-order valence-corrected chi connectivity index (χ0v) is 19.2. The fourth-order valence-corrected chi connectivity index (χ4v) is 3.28. The molecule has 0 atom stereocenters. The minimum atomic E-state index is -0.834. The van der Waals surface area contributed by atoms with Crippen molar-refractivity contribution in [3.8, 4) is 11.5 Å². The molecule has 3 amide bonds. The van der Waals surface area contributed by atoms with Gasteiger partial charge in [-0.3, -0.25) is 14.4 Å². The maximum absolute atomic E-state index is 12.2. The molecule has 32 heavy (non-hydrogen) atoms. The fraction of sp³-hybridized carbons (Fsp3) is 0.273. The molecule has 168 valence electrons. The fourth-order valence-electron chi connectivity index (χ4n) is 2.71. The van der Waals surface area contributed by atoms with Gasteiger partial charge >= 0.3 is 11.8 Å². The van der Waals surface area contributed by atoms with Gasteiger partial charge in [-0.1, -0.05) is 12.1 Å². The molecule has 0 bridgehead atoms. The van der Waals surface area contributed by atoms with Gasteiger partial charge in [0, 0.05) is 11.7 Å². The predicted octanol–water partition coefficient (Wildman–Crippen LogP) is 2.51. The van der Waals surface area contributed by atoms with Crippen molar-refractivity contribution in [1.29, 1.82) is 0 Å². The number of anilines is 1. The highest BCUT2D eigenvalue weighted by Crippen LogP contribution is 2.36. The van der Waals surface area contributed by atoms with Crippen LogP contribution in [-0.4, -0.2) is 43.7 Å². The third-order valence-corrected chi connectivity index (χ3v) is 4.99. The number of carbonyl (C=O) groups excluding carboxylic acids is 3. The number of methoxy groups -OCH3 is 1. The Hall–Kier alpha value is -3.40. The molecule has 2 aromatic rings. The molecule has 9 nitrogen and oxygen atoms in total. The van der Waals surface area contributed by atoms with Crippen molar-refractivity contribution < 1.29 is 23.9 Å². The number of carbonyl (C=O) groups is 3. The van der Waals surface area contributed by atoms with E-state index in [0.29, 0.717) is 27.2 Å². The highest BCUT2D eigenvalue weighted by Gasteiger charge is 2.26. The number of rotatable bonds is 8. The molecular formula is C22H23BrN4O5. The number of halogens is 1. The van der Waals surface area contributed by atoms with Gasteiger partial charge in [-0.15, -0.1) is 0 Å². The van der Waals surface area contributed by atoms with Crippen molar-refractivity contribution in [2.75, 3.05) is 19.0 Å². The second-order valence-electron chi connectivity index (χ2n) is 7.19. The van der Waals surface area contributed by atoms with Crippen LogP contribution in [-0.2, 0) is 14.4 Å². The van der Waals surface area contributed by atoms with E-state index < -0.39 is 11.8 Å². The van der Waals surface area contributed by atoms with Crippen LogP contribution < -0.4 is 25.5 Å². The van der Waals surface area contributed by atoms with E-state index in [4.69, 9.17) is 9.47 Å². The van der Waals surface area contributed by atoms with Crippen LogP contribution in [0.5, 0.6) is 11.5 Å². The Labute approximate surface area is 193 Å². The van der Waals surface area contributed by atoms with Crippen molar-refractivity contribution in [2.45, 2.75) is 25.8 Å². The maximum atomic E-state index is 12.2. The van der Waals surface area contributed by atoms with E-state index in [2.05, 4.69) is 37.1 Å². The van der Waals surface area contributed by atoms with Crippen molar-refractivity contribution in [3.05, 3.63) is 52.0 Å². The summed E-state index contributed by atoms with van der Waals surface area (Å²) < 4.78 is 11.5. The summed E-state index contributed by atoms with van der Waals surface area (Å²) in [4.78, 5) is 35.6. The molecule has 3 rings (SSSR count). The number of amides is 3. The number of nitrogens with zero attached hydrogens (tertiary/aromatic N) is 1. The second kappa shape index (κ2) is 10.8. The summed E-state index contributed by atoms with van der Waals surface area (Å²) in [7, 11) is 1.46. The van der Waals surface area contributed by atoms with E-state index >= 15 is 0 Å². The van der Waals surface area contributed by atoms with Crippen molar-refractivity contribution in [3.63, 3.8) is 0 Å². The molecule has 0 saturated heterocycles. The van der Waals surface area contributed by atoms with Crippen LogP contribution in [0, 0.1) is 6.92 Å². The van der Waals surface area contributed by atoms with Gasteiger partial charge in [0.05, 0.1) is 17.8 Å². The average Bonchev–Trinajstić information content (AvgIpc) is 3.56. The zero-order chi connectivity index (χ0) is 23.1. The summed E-state index contributed by atoms with van der Waals surface area (Å²) in [5, 5.41) is 9.14. The van der Waals surface area contributed by atoms with Gasteiger partial charge in [0.1, 0.15) is 0 Å². The van der Waals surface area contributed by atoms with Crippen molar-refractivity contribution >= 4 is 45.6 Å². The minimum Gasteiger partial charge on any atom is -0.493 e. The molecule has 0 unspecified atom stereocenters. The van der Waals surface area contributed by atoms with Gasteiger partial charge in [0.2, 0.25) is 0 Å². The lowest BCUT2D eigenvalue weighted by Crippen LogP contribution is -2.38. The Bertz CT molecular complexity index is 1050. The monoisotopic (exact) mass is 502 g/mol. The highest BCUT2D eigenvalue weighted by molar-refractivity contribution is 9.10. The lowest BCUT2D eigenvalue weighted by Gasteiger charge is -2.13. The first-order valence-corrected chi connectivity index (χ1v) is 10.7. The topological polar surface area (TPSA) is 118 Å². The van der Waals surface area contributed by atoms with Gasteiger partial charge in [0.25, 0.3) is 5.91 Å². The van der Waals surface area contributed by atoms with Crippen LogP contribution in [0.2, 0.25) is 0 Å². The summed E-state index contributed by atoms with van der Waals surface area (Å²) in [6, 6.07) is 10.8. The Morgan fingerprint density at radius 2 is 1.97 bits per heavy atom. The van der Waals surface area contributed by atoms with E-state index in [-0.39, 0.29) is 18.6 Å². The number of hydrogen-bond acceptors (Lipinski definition) is 6. The second-order valence-corrected chi connectivity index (χ2v) is 8.04. The number of benzene rings is 2. The third-order valence-electron chi connectivity index (χ3n) is 4.40. The lowest BCUT2D eigenvalue weighted by atomic mass is 10.2. The first-order chi connectivity index (χ1) is 15.4. The van der Waals surface area contributed by atoms with Crippen LogP contribution >= 0.6 is 15.9 Å². The molecule has 10 heteroatoms. The first-order valence-electron chi connectivity index (χ1n) is 9.86. The van der Waals surface area contributed by atoms with Crippen LogP contribution in [0.25, 0.3) is 0 Å². The number of ether oxygens (including phenoxy) is 2. The van der Waals surface area contributed by atoms with Crippen molar-refractivity contribution in [1.82, 2.24) is 10.7 Å². The predicted molar refractivity (Wildman–Crippen MR) is 123 cm³/mol. The van der Waals surface area contributed by atoms with Gasteiger partial charge < -0.3 is 20.1 Å². The van der Waals surface area contributed by atoms with Gasteiger partial charge in [-0.25, -0.2) is 5.43 Å². The van der Waals surface area contributed by atoms with Crippen LogP contribution in [0.3, 0.4) is 0 Å². The number of hydrazone groups is 1. The first kappa shape index (κ1) is 23.3. The molecule has 1 aliphatic carbocycles. The SMILES string of the molecule is COc1cc(/C=N\NC(=O)C(=O)NC2CC2)cc(Br)c1OCC(=O)Nc1cccc(C)c1. The molecular weight excluding hydrogens is 480 g/mol. The van der Waals surface area contributed by atoms with E-state index in [1.54, 1.807) is 18.2 Å². The van der Waals surface area contributed by atoms with Crippen molar-refractivity contribution in [2.24, 2.45) is 5.10 Å². The third kappa shape index (κ3) is 6.81. The summed E-state index contributed by atoms with van der Waals surface area (Å²) in [6.45, 7) is 1.72. The standard InChI is InChI=1S/C22H23BrN4O5/c1-13-4-3-5-16(8-13)25-19(28)12-32-20-17(23)9-14(10-18(20)31-2)11-24-27-22(30)21(29)26-15-6-7-15/h3-5,8-11,15H,6-7,12H2,1-2H3,(H,25,28)(H,26,29)(H,27,30)/b24-11-. The summed E-state index contributed by atoms with van der Waals surface area (Å²) in [6.07, 6.45) is 3.14. The molecule has 0 heterocycles. The molecule has 3 N–H and O–H groups in total. The highest BCUT2D eigenvalue weighted by atomic mass is 79.9. The van der Waals surface area contributed by atoms with E-state index in [1.807, 2.05) is 25.1 Å². The maximum Gasteiger partial charge on any atom is 0.329 e. The van der Waals surface area contributed by atoms with Gasteiger partial charge in [-0.2, -0.15) is 5.10 Å². The van der Waals surface area contributed by atoms with Crippen LogP contribution in [0.1, 0.15) is 24.0 Å². The summed E-state index contributed by atoms with van der Waals surface area (Å²) in [5.41, 5.74) is 4.47. The molecule has 1 aliphatic rings. The quantitative estimate of drug-likeness (QED) is 0.291. The van der Waals surface area contributed by atoms with E-state index in [9.17, 15) is 14.4 Å². The van der Waals surface area contributed by atoms with E-state index in [1.165, 1.54) is 13.3 Å². The van der Waals surface area contributed by atoms with E-state index in [0.717, 1.165) is 18.4 Å². The Kier molecular flexibility index (Phi) is 7.82. The summed E-state index contributed by atoms with van der Waals surface area (Å²) >= 11 is 3.39. The zero-order valence-electron chi connectivity index (χ0n) is 17.6. The number of aryl methyl sites for hydroxylation is 1. The average molecular weight is 503 g/mol. The smallest absolute Gasteiger partial charge is 0.329 e. The molecule has 2 aromatic carbocycles. The molecule has 0 radical (unpaired) electrons. The minimum absolute atomic E-state index is 0.0869. The van der Waals surface area contributed by atoms with Crippen LogP contribution in [0.4, 0.5) is 5.69 Å². The normalized spacial score (nSPS) is 12.8. The number of hydrogen-bond donors (Lipinski definition) is 3. The molecule has 0 aliphatic heterocycles. The lowest BCUT2D eigenvalue weighted by molar-refractivity contribution is -0.139. The Morgan fingerprint density at radius 1 is 1.19 bits per heavy atom. The van der Waals surface area contributed by atoms with Gasteiger partial charge in [0.15, 0.2) is 18.1 Å². The Balaban J connectivity index is 1.58. The van der Waals surface area contributed by atoms with Gasteiger partial charge in [-0.05, 0) is 71.1 Å². The summed E-state index contributed by atoms with van der Waals surface area (Å²) in [5.74, 6) is -1.16. The molecule has 1 fully saturated rings. The largest absolute Gasteiger partial charge is 0.493 e. The number of nitrogens with one attached hydrogen (secondary N) is 3. The molecule has 1 saturated carbocycles. The molecule has 0 spiro atoms.